The number of benzene rings is 1. The van der Waals surface area contributed by atoms with Crippen LogP contribution in [0.1, 0.15) is 44.1 Å². The molecule has 4 heteroatoms. The first kappa shape index (κ1) is 15.7. The second-order valence-corrected chi connectivity index (χ2v) is 6.15. The highest BCUT2D eigenvalue weighted by Gasteiger charge is 2.37. The van der Waals surface area contributed by atoms with Crippen LogP contribution in [0.3, 0.4) is 0 Å². The van der Waals surface area contributed by atoms with Gasteiger partial charge in [0.25, 0.3) is 0 Å². The van der Waals surface area contributed by atoms with Crippen molar-refractivity contribution in [3.8, 4) is 0 Å². The fourth-order valence-corrected chi connectivity index (χ4v) is 3.36. The van der Waals surface area contributed by atoms with Crippen molar-refractivity contribution >= 4 is 11.6 Å². The Bertz CT molecular complexity index is 444. The molecule has 1 saturated carbocycles. The van der Waals surface area contributed by atoms with Gasteiger partial charge < -0.3 is 10.5 Å². The fraction of sp³-hybridized carbons (Fsp3) is 0.625. The lowest BCUT2D eigenvalue weighted by atomic mass is 9.83. The van der Waals surface area contributed by atoms with E-state index in [1.165, 1.54) is 18.9 Å². The van der Waals surface area contributed by atoms with E-state index < -0.39 is 0 Å². The van der Waals surface area contributed by atoms with Crippen LogP contribution in [0.4, 0.5) is 4.39 Å². The predicted octanol–water partition coefficient (Wildman–Crippen LogP) is 4.09. The van der Waals surface area contributed by atoms with Crippen LogP contribution in [0.2, 0.25) is 5.02 Å². The van der Waals surface area contributed by atoms with Crippen LogP contribution >= 0.6 is 11.6 Å². The maximum atomic E-state index is 13.2. The van der Waals surface area contributed by atoms with Gasteiger partial charge in [0.2, 0.25) is 0 Å². The molecule has 1 aromatic rings. The number of hydrogen-bond acceptors (Lipinski definition) is 2. The van der Waals surface area contributed by atoms with Crippen molar-refractivity contribution in [2.45, 2.75) is 56.6 Å². The standard InChI is InChI=1S/C16H23ClFNO/c1-20-16(8-4-2-3-5-9-16)15(19)11-12-6-7-14(18)13(17)10-12/h6-7,10,15H,2-5,8-9,11,19H2,1H3. The third kappa shape index (κ3) is 3.51. The molecule has 1 fully saturated rings. The van der Waals surface area contributed by atoms with Crippen molar-refractivity contribution in [2.24, 2.45) is 5.73 Å². The average Bonchev–Trinajstić information content (AvgIpc) is 2.69. The highest BCUT2D eigenvalue weighted by atomic mass is 35.5. The lowest BCUT2D eigenvalue weighted by Crippen LogP contribution is -2.50. The lowest BCUT2D eigenvalue weighted by molar-refractivity contribution is -0.0430. The van der Waals surface area contributed by atoms with Gasteiger partial charge in [0, 0.05) is 13.2 Å². The summed E-state index contributed by atoms with van der Waals surface area (Å²) < 4.78 is 19.0. The Morgan fingerprint density at radius 1 is 1.30 bits per heavy atom. The molecule has 2 N–H and O–H groups in total. The molecular formula is C16H23ClFNO. The van der Waals surface area contributed by atoms with Gasteiger partial charge in [-0.1, -0.05) is 43.4 Å². The summed E-state index contributed by atoms with van der Waals surface area (Å²) in [6, 6.07) is 4.72. The van der Waals surface area contributed by atoms with E-state index in [0.717, 1.165) is 31.2 Å². The molecular weight excluding hydrogens is 277 g/mol. The summed E-state index contributed by atoms with van der Waals surface area (Å²) in [5, 5.41) is 0.155. The molecule has 0 bridgehead atoms. The predicted molar refractivity (Wildman–Crippen MR) is 80.5 cm³/mol. The molecule has 1 aliphatic carbocycles. The smallest absolute Gasteiger partial charge is 0.141 e. The van der Waals surface area contributed by atoms with Crippen LogP contribution in [0, 0.1) is 5.82 Å². The van der Waals surface area contributed by atoms with Crippen LogP contribution in [0.5, 0.6) is 0 Å². The highest BCUT2D eigenvalue weighted by Crippen LogP contribution is 2.33. The van der Waals surface area contributed by atoms with Crippen molar-refractivity contribution in [1.82, 2.24) is 0 Å². The Labute approximate surface area is 125 Å². The topological polar surface area (TPSA) is 35.2 Å². The molecule has 0 aliphatic heterocycles. The molecule has 112 valence electrons. The van der Waals surface area contributed by atoms with Gasteiger partial charge in [0.05, 0.1) is 10.6 Å². The zero-order valence-corrected chi connectivity index (χ0v) is 12.8. The summed E-state index contributed by atoms with van der Waals surface area (Å²) in [6.45, 7) is 0. The number of methoxy groups -OCH3 is 1. The van der Waals surface area contributed by atoms with Gasteiger partial charge >= 0.3 is 0 Å². The van der Waals surface area contributed by atoms with Crippen molar-refractivity contribution in [2.75, 3.05) is 7.11 Å². The van der Waals surface area contributed by atoms with E-state index in [4.69, 9.17) is 22.1 Å². The Hall–Kier alpha value is -0.640. The molecule has 1 aliphatic rings. The molecule has 1 aromatic carbocycles. The van der Waals surface area contributed by atoms with Crippen LogP contribution in [0.25, 0.3) is 0 Å². The molecule has 2 nitrogen and oxygen atoms in total. The first-order valence-electron chi connectivity index (χ1n) is 7.32. The molecule has 0 saturated heterocycles. The fourth-order valence-electron chi connectivity index (χ4n) is 3.16. The lowest BCUT2D eigenvalue weighted by Gasteiger charge is -2.37. The number of nitrogens with two attached hydrogens (primary N) is 1. The molecule has 0 aromatic heterocycles. The summed E-state index contributed by atoms with van der Waals surface area (Å²) in [7, 11) is 1.75. The molecule has 1 unspecified atom stereocenters. The Kier molecular flexibility index (Phi) is 5.42. The molecule has 1 atom stereocenters. The van der Waals surface area contributed by atoms with E-state index in [1.807, 2.05) is 0 Å². The van der Waals surface area contributed by atoms with E-state index in [0.29, 0.717) is 6.42 Å². The Balaban J connectivity index is 2.11. The van der Waals surface area contributed by atoms with E-state index in [1.54, 1.807) is 19.2 Å². The second-order valence-electron chi connectivity index (χ2n) is 5.74. The van der Waals surface area contributed by atoms with Gasteiger partial charge in [-0.05, 0) is 37.0 Å². The molecule has 20 heavy (non-hydrogen) atoms. The van der Waals surface area contributed by atoms with Crippen molar-refractivity contribution in [3.05, 3.63) is 34.6 Å². The number of ether oxygens (including phenoxy) is 1. The number of rotatable bonds is 4. The van der Waals surface area contributed by atoms with Gasteiger partial charge in [-0.2, -0.15) is 0 Å². The van der Waals surface area contributed by atoms with E-state index in [9.17, 15) is 4.39 Å². The first-order valence-corrected chi connectivity index (χ1v) is 7.70. The van der Waals surface area contributed by atoms with Gasteiger partial charge in [-0.15, -0.1) is 0 Å². The van der Waals surface area contributed by atoms with Crippen LogP contribution < -0.4 is 5.73 Å². The summed E-state index contributed by atoms with van der Waals surface area (Å²) in [5.41, 5.74) is 7.13. The van der Waals surface area contributed by atoms with Gasteiger partial charge in [0.1, 0.15) is 5.82 Å². The summed E-state index contributed by atoms with van der Waals surface area (Å²) >= 11 is 5.83. The molecule has 0 heterocycles. The maximum absolute atomic E-state index is 13.2. The van der Waals surface area contributed by atoms with Gasteiger partial charge in [-0.3, -0.25) is 0 Å². The maximum Gasteiger partial charge on any atom is 0.141 e. The third-order valence-corrected chi connectivity index (χ3v) is 4.76. The average molecular weight is 300 g/mol. The summed E-state index contributed by atoms with van der Waals surface area (Å²) in [6.07, 6.45) is 7.48. The van der Waals surface area contributed by atoms with E-state index >= 15 is 0 Å². The molecule has 0 radical (unpaired) electrons. The zero-order chi connectivity index (χ0) is 14.6. The minimum Gasteiger partial charge on any atom is -0.377 e. The minimum absolute atomic E-state index is 0.0906. The quantitative estimate of drug-likeness (QED) is 0.850. The van der Waals surface area contributed by atoms with Crippen LogP contribution in [-0.4, -0.2) is 18.8 Å². The molecule has 0 spiro atoms. The van der Waals surface area contributed by atoms with Crippen molar-refractivity contribution < 1.29 is 9.13 Å². The molecule has 2 rings (SSSR count). The summed E-state index contributed by atoms with van der Waals surface area (Å²) in [4.78, 5) is 0. The van der Waals surface area contributed by atoms with Crippen molar-refractivity contribution in [1.29, 1.82) is 0 Å². The number of hydrogen-bond donors (Lipinski definition) is 1. The van der Waals surface area contributed by atoms with Gasteiger partial charge in [0.15, 0.2) is 0 Å². The third-order valence-electron chi connectivity index (χ3n) is 4.47. The summed E-state index contributed by atoms with van der Waals surface area (Å²) in [5.74, 6) is -0.389. The number of halogens is 2. The van der Waals surface area contributed by atoms with Crippen LogP contribution in [0.15, 0.2) is 18.2 Å². The molecule has 0 amide bonds. The Morgan fingerprint density at radius 2 is 1.95 bits per heavy atom. The van der Waals surface area contributed by atoms with Crippen LogP contribution in [-0.2, 0) is 11.2 Å². The normalized spacial score (nSPS) is 20.4. The first-order chi connectivity index (χ1) is 9.57. The monoisotopic (exact) mass is 299 g/mol. The van der Waals surface area contributed by atoms with E-state index in [-0.39, 0.29) is 22.5 Å². The SMILES string of the molecule is COC1(C(N)Cc2ccc(F)c(Cl)c2)CCCCCC1. The highest BCUT2D eigenvalue weighted by molar-refractivity contribution is 6.30. The zero-order valence-electron chi connectivity index (χ0n) is 12.0. The second kappa shape index (κ2) is 6.88. The van der Waals surface area contributed by atoms with Crippen molar-refractivity contribution in [3.63, 3.8) is 0 Å². The van der Waals surface area contributed by atoms with Gasteiger partial charge in [-0.25, -0.2) is 4.39 Å². The minimum atomic E-state index is -0.389. The Morgan fingerprint density at radius 3 is 2.50 bits per heavy atom. The van der Waals surface area contributed by atoms with E-state index in [2.05, 4.69) is 0 Å². The largest absolute Gasteiger partial charge is 0.377 e.